The Bertz CT molecular complexity index is 598. The van der Waals surface area contributed by atoms with Crippen LogP contribution in [0, 0.1) is 5.92 Å². The molecule has 26 heavy (non-hydrogen) atoms. The summed E-state index contributed by atoms with van der Waals surface area (Å²) in [6, 6.07) is 0. The van der Waals surface area contributed by atoms with E-state index in [1.165, 1.54) is 4.31 Å². The van der Waals surface area contributed by atoms with E-state index in [2.05, 4.69) is 5.32 Å². The number of nitrogens with zero attached hydrogens (tertiary/aromatic N) is 1. The maximum absolute atomic E-state index is 12.2. The molecule has 10 heteroatoms. The van der Waals surface area contributed by atoms with Gasteiger partial charge in [0, 0.05) is 19.6 Å². The van der Waals surface area contributed by atoms with Crippen molar-refractivity contribution in [3.8, 4) is 0 Å². The van der Waals surface area contributed by atoms with E-state index >= 15 is 0 Å². The first-order valence-electron chi connectivity index (χ1n) is 8.66. The molecule has 1 aliphatic heterocycles. The molecular weight excluding hydrogens is 362 g/mol. The molecule has 0 bridgehead atoms. The van der Waals surface area contributed by atoms with Gasteiger partial charge < -0.3 is 14.8 Å². The van der Waals surface area contributed by atoms with E-state index in [0.29, 0.717) is 19.4 Å². The molecule has 1 saturated heterocycles. The number of hydrogen-bond acceptors (Lipinski definition) is 6. The van der Waals surface area contributed by atoms with Gasteiger partial charge in [0.1, 0.15) is 11.2 Å². The number of alkyl carbamates (subject to hydrolysis) is 1. The van der Waals surface area contributed by atoms with E-state index < -0.39 is 33.6 Å². The predicted molar refractivity (Wildman–Crippen MR) is 96.8 cm³/mol. The number of amides is 2. The van der Waals surface area contributed by atoms with E-state index in [1.54, 1.807) is 41.5 Å². The molecule has 0 unspecified atom stereocenters. The van der Waals surface area contributed by atoms with E-state index in [-0.39, 0.29) is 19.0 Å². The maximum Gasteiger partial charge on any atom is 0.422 e. The zero-order valence-electron chi connectivity index (χ0n) is 16.4. The van der Waals surface area contributed by atoms with Gasteiger partial charge in [0.15, 0.2) is 0 Å². The second-order valence-corrected chi connectivity index (χ2v) is 10.0. The standard InChI is InChI=1S/C16H31N3O6S/c1-15(2,3)24-13(20)17-11-12-7-9-19(10-8-12)26(22,23)18-14(21)25-16(4,5)6/h12H,7-11H2,1-6H3,(H,17,20)(H,18,21). The Morgan fingerprint density at radius 3 is 1.88 bits per heavy atom. The first-order chi connectivity index (χ1) is 11.7. The van der Waals surface area contributed by atoms with Crippen molar-refractivity contribution in [2.24, 2.45) is 5.92 Å². The average Bonchev–Trinajstić information content (AvgIpc) is 2.41. The van der Waals surface area contributed by atoms with Crippen LogP contribution in [0.2, 0.25) is 0 Å². The summed E-state index contributed by atoms with van der Waals surface area (Å²) in [6.45, 7) is 11.3. The highest BCUT2D eigenvalue weighted by Gasteiger charge is 2.31. The number of piperidine rings is 1. The van der Waals surface area contributed by atoms with Crippen LogP contribution in [0.1, 0.15) is 54.4 Å². The van der Waals surface area contributed by atoms with Crippen LogP contribution in [-0.4, -0.2) is 55.7 Å². The highest BCUT2D eigenvalue weighted by Crippen LogP contribution is 2.19. The van der Waals surface area contributed by atoms with Gasteiger partial charge in [0.2, 0.25) is 0 Å². The molecule has 0 aromatic heterocycles. The number of ether oxygens (including phenoxy) is 2. The molecule has 9 nitrogen and oxygen atoms in total. The molecule has 152 valence electrons. The lowest BCUT2D eigenvalue weighted by atomic mass is 9.98. The normalized spacial score (nSPS) is 17.5. The summed E-state index contributed by atoms with van der Waals surface area (Å²) in [4.78, 5) is 23.3. The fraction of sp³-hybridized carbons (Fsp3) is 0.875. The van der Waals surface area contributed by atoms with Crippen molar-refractivity contribution in [2.75, 3.05) is 19.6 Å². The monoisotopic (exact) mass is 393 g/mol. The Balaban J connectivity index is 2.43. The third-order valence-electron chi connectivity index (χ3n) is 3.46. The smallest absolute Gasteiger partial charge is 0.422 e. The molecule has 1 rings (SSSR count). The minimum absolute atomic E-state index is 0.149. The minimum atomic E-state index is -3.94. The molecule has 1 fully saturated rings. The number of nitrogens with one attached hydrogen (secondary N) is 2. The van der Waals surface area contributed by atoms with Crippen LogP contribution in [0.5, 0.6) is 0 Å². The number of rotatable bonds is 4. The Kier molecular flexibility index (Phi) is 7.29. The number of carbonyl (C=O) groups excluding carboxylic acids is 2. The highest BCUT2D eigenvalue weighted by molar-refractivity contribution is 7.87. The van der Waals surface area contributed by atoms with E-state index in [0.717, 1.165) is 0 Å². The number of carbonyl (C=O) groups is 2. The Hall–Kier alpha value is -1.55. The lowest BCUT2D eigenvalue weighted by molar-refractivity contribution is 0.0508. The minimum Gasteiger partial charge on any atom is -0.444 e. The second kappa shape index (κ2) is 8.43. The Morgan fingerprint density at radius 2 is 1.42 bits per heavy atom. The van der Waals surface area contributed by atoms with Gasteiger partial charge in [-0.25, -0.2) is 14.3 Å². The van der Waals surface area contributed by atoms with E-state index in [9.17, 15) is 18.0 Å². The average molecular weight is 394 g/mol. The summed E-state index contributed by atoms with van der Waals surface area (Å²) in [5.41, 5.74) is -1.34. The van der Waals surface area contributed by atoms with Gasteiger partial charge in [-0.2, -0.15) is 12.7 Å². The van der Waals surface area contributed by atoms with Crippen LogP contribution in [0.3, 0.4) is 0 Å². The fourth-order valence-corrected chi connectivity index (χ4v) is 3.44. The van der Waals surface area contributed by atoms with Crippen LogP contribution in [0.15, 0.2) is 0 Å². The van der Waals surface area contributed by atoms with Gasteiger partial charge in [-0.1, -0.05) is 0 Å². The molecule has 0 saturated carbocycles. The summed E-state index contributed by atoms with van der Waals surface area (Å²) in [5.74, 6) is 0.149. The Labute approximate surface area is 156 Å². The quantitative estimate of drug-likeness (QED) is 0.755. The molecule has 1 aliphatic rings. The molecule has 0 aromatic rings. The SMILES string of the molecule is CC(C)(C)OC(=O)NCC1CCN(S(=O)(=O)NC(=O)OC(C)(C)C)CC1. The van der Waals surface area contributed by atoms with Crippen LogP contribution < -0.4 is 10.0 Å². The maximum atomic E-state index is 12.2. The van der Waals surface area contributed by atoms with Crippen molar-refractivity contribution in [3.05, 3.63) is 0 Å². The third kappa shape index (κ3) is 8.70. The van der Waals surface area contributed by atoms with Gasteiger partial charge in [-0.15, -0.1) is 0 Å². The van der Waals surface area contributed by atoms with Gasteiger partial charge in [-0.3, -0.25) is 0 Å². The topological polar surface area (TPSA) is 114 Å². The molecule has 0 spiro atoms. The first kappa shape index (κ1) is 22.5. The van der Waals surface area contributed by atoms with Crippen LogP contribution >= 0.6 is 0 Å². The summed E-state index contributed by atoms with van der Waals surface area (Å²) in [5, 5.41) is 2.70. The molecule has 2 N–H and O–H groups in total. The van der Waals surface area contributed by atoms with Crippen molar-refractivity contribution >= 4 is 22.4 Å². The van der Waals surface area contributed by atoms with Crippen LogP contribution in [0.25, 0.3) is 0 Å². The molecule has 1 heterocycles. The molecule has 0 aromatic carbocycles. The lowest BCUT2D eigenvalue weighted by Gasteiger charge is -2.31. The van der Waals surface area contributed by atoms with Crippen molar-refractivity contribution in [1.29, 1.82) is 0 Å². The number of hydrogen-bond donors (Lipinski definition) is 2. The summed E-state index contributed by atoms with van der Waals surface area (Å²) in [6.07, 6.45) is -0.332. The largest absolute Gasteiger partial charge is 0.444 e. The van der Waals surface area contributed by atoms with Gasteiger partial charge in [0.05, 0.1) is 0 Å². The van der Waals surface area contributed by atoms with E-state index in [4.69, 9.17) is 9.47 Å². The Morgan fingerprint density at radius 1 is 0.962 bits per heavy atom. The highest BCUT2D eigenvalue weighted by atomic mass is 32.2. The third-order valence-corrected chi connectivity index (χ3v) is 4.93. The summed E-state index contributed by atoms with van der Waals surface area (Å²) >= 11 is 0. The zero-order valence-corrected chi connectivity index (χ0v) is 17.2. The zero-order chi connectivity index (χ0) is 20.2. The summed E-state index contributed by atoms with van der Waals surface area (Å²) in [7, 11) is -3.94. The molecule has 0 aliphatic carbocycles. The summed E-state index contributed by atoms with van der Waals surface area (Å²) < 4.78 is 37.7. The van der Waals surface area contributed by atoms with Crippen molar-refractivity contribution in [3.63, 3.8) is 0 Å². The van der Waals surface area contributed by atoms with Gasteiger partial charge >= 0.3 is 22.4 Å². The van der Waals surface area contributed by atoms with Crippen molar-refractivity contribution in [2.45, 2.75) is 65.6 Å². The van der Waals surface area contributed by atoms with Crippen molar-refractivity contribution < 1.29 is 27.5 Å². The molecular formula is C16H31N3O6S. The first-order valence-corrected chi connectivity index (χ1v) is 10.1. The lowest BCUT2D eigenvalue weighted by Crippen LogP contribution is -2.49. The van der Waals surface area contributed by atoms with Crippen LogP contribution in [-0.2, 0) is 19.7 Å². The predicted octanol–water partition coefficient (Wildman–Crippen LogP) is 1.99. The van der Waals surface area contributed by atoms with Gasteiger partial charge in [0.25, 0.3) is 0 Å². The molecule has 2 amide bonds. The molecule has 0 atom stereocenters. The molecule has 0 radical (unpaired) electrons. The second-order valence-electron chi connectivity index (χ2n) is 8.33. The van der Waals surface area contributed by atoms with Crippen LogP contribution in [0.4, 0.5) is 9.59 Å². The van der Waals surface area contributed by atoms with Gasteiger partial charge in [-0.05, 0) is 60.3 Å². The van der Waals surface area contributed by atoms with E-state index in [1.807, 2.05) is 4.72 Å². The fourth-order valence-electron chi connectivity index (χ4n) is 2.36. The van der Waals surface area contributed by atoms with Crippen molar-refractivity contribution in [1.82, 2.24) is 14.3 Å².